The lowest BCUT2D eigenvalue weighted by atomic mass is 10.1. The third kappa shape index (κ3) is 2.91. The first kappa shape index (κ1) is 12.4. The first-order valence-electron chi connectivity index (χ1n) is 4.66. The first-order chi connectivity index (χ1) is 7.58. The van der Waals surface area contributed by atoms with Crippen molar-refractivity contribution < 1.29 is 19.4 Å². The maximum atomic E-state index is 12.8. The van der Waals surface area contributed by atoms with Crippen LogP contribution in [0.2, 0.25) is 0 Å². The summed E-state index contributed by atoms with van der Waals surface area (Å²) in [4.78, 5) is 11.5. The molecule has 0 radical (unpaired) electrons. The molecule has 1 amide bonds. The summed E-state index contributed by atoms with van der Waals surface area (Å²) in [7, 11) is 0. The number of nitrogens with two attached hydrogens (primary N) is 1. The van der Waals surface area contributed by atoms with Crippen molar-refractivity contribution in [1.29, 1.82) is 0 Å². The topological polar surface area (TPSA) is 95.6 Å². The van der Waals surface area contributed by atoms with Crippen molar-refractivity contribution in [2.75, 3.05) is 18.9 Å². The van der Waals surface area contributed by atoms with E-state index in [9.17, 15) is 9.18 Å². The predicted molar refractivity (Wildman–Crippen MR) is 56.2 cm³/mol. The predicted octanol–water partition coefficient (Wildman–Crippen LogP) is -0.509. The van der Waals surface area contributed by atoms with E-state index in [1.807, 2.05) is 0 Å². The molecule has 0 saturated carbocycles. The van der Waals surface area contributed by atoms with Crippen LogP contribution in [0.5, 0.6) is 0 Å². The fourth-order valence-electron chi connectivity index (χ4n) is 1.10. The van der Waals surface area contributed by atoms with E-state index in [1.165, 1.54) is 12.1 Å². The molecule has 88 valence electrons. The highest BCUT2D eigenvalue weighted by Gasteiger charge is 2.12. The Hall–Kier alpha value is -1.66. The molecule has 0 unspecified atom stereocenters. The third-order valence-corrected chi connectivity index (χ3v) is 2.03. The van der Waals surface area contributed by atoms with Gasteiger partial charge in [0.25, 0.3) is 5.91 Å². The van der Waals surface area contributed by atoms with Gasteiger partial charge in [0.05, 0.1) is 24.9 Å². The van der Waals surface area contributed by atoms with Gasteiger partial charge in [-0.2, -0.15) is 0 Å². The Kier molecular flexibility index (Phi) is 4.21. The van der Waals surface area contributed by atoms with Crippen molar-refractivity contribution in [1.82, 2.24) is 5.32 Å². The molecule has 5 N–H and O–H groups in total. The normalized spacial score (nSPS) is 10.5. The van der Waals surface area contributed by atoms with Crippen molar-refractivity contribution in [3.05, 3.63) is 29.6 Å². The molecule has 0 spiro atoms. The molecule has 0 aliphatic heterocycles. The van der Waals surface area contributed by atoms with Crippen molar-refractivity contribution >= 4 is 11.6 Å². The van der Waals surface area contributed by atoms with Gasteiger partial charge in [0.1, 0.15) is 5.82 Å². The highest BCUT2D eigenvalue weighted by atomic mass is 19.1. The smallest absolute Gasteiger partial charge is 0.251 e. The van der Waals surface area contributed by atoms with Crippen molar-refractivity contribution in [2.45, 2.75) is 6.04 Å². The second-order valence-corrected chi connectivity index (χ2v) is 3.27. The van der Waals surface area contributed by atoms with Crippen LogP contribution in [0, 0.1) is 5.82 Å². The van der Waals surface area contributed by atoms with E-state index in [2.05, 4.69) is 5.32 Å². The van der Waals surface area contributed by atoms with Crippen LogP contribution >= 0.6 is 0 Å². The molecule has 0 atom stereocenters. The largest absolute Gasteiger partial charge is 0.396 e. The van der Waals surface area contributed by atoms with E-state index in [0.717, 1.165) is 6.07 Å². The first-order valence-corrected chi connectivity index (χ1v) is 4.66. The van der Waals surface area contributed by atoms with Gasteiger partial charge in [-0.1, -0.05) is 0 Å². The number of nitrogen functional groups attached to an aromatic ring is 1. The second kappa shape index (κ2) is 5.43. The van der Waals surface area contributed by atoms with Crippen molar-refractivity contribution in [3.63, 3.8) is 0 Å². The van der Waals surface area contributed by atoms with E-state index in [1.54, 1.807) is 0 Å². The van der Waals surface area contributed by atoms with E-state index >= 15 is 0 Å². The third-order valence-electron chi connectivity index (χ3n) is 2.03. The highest BCUT2D eigenvalue weighted by molar-refractivity contribution is 5.95. The van der Waals surface area contributed by atoms with Gasteiger partial charge in [-0.05, 0) is 18.2 Å². The quantitative estimate of drug-likeness (QED) is 0.522. The van der Waals surface area contributed by atoms with Crippen LogP contribution in [0.4, 0.5) is 10.1 Å². The molecular weight excluding hydrogens is 215 g/mol. The Bertz CT molecular complexity index is 380. The van der Waals surface area contributed by atoms with E-state index < -0.39 is 17.8 Å². The van der Waals surface area contributed by atoms with Crippen molar-refractivity contribution in [2.24, 2.45) is 0 Å². The minimum atomic E-state index is -0.737. The fourth-order valence-corrected chi connectivity index (χ4v) is 1.10. The summed E-state index contributed by atoms with van der Waals surface area (Å²) in [5, 5.41) is 19.9. The molecule has 0 aromatic heterocycles. The number of carbonyl (C=O) groups is 1. The highest BCUT2D eigenvalue weighted by Crippen LogP contribution is 2.12. The monoisotopic (exact) mass is 228 g/mol. The summed E-state index contributed by atoms with van der Waals surface area (Å²) in [6, 6.07) is 2.80. The fraction of sp³-hybridized carbons (Fsp3) is 0.300. The molecule has 0 bridgehead atoms. The lowest BCUT2D eigenvalue weighted by molar-refractivity contribution is 0.0879. The molecule has 6 heteroatoms. The second-order valence-electron chi connectivity index (χ2n) is 3.27. The van der Waals surface area contributed by atoms with Gasteiger partial charge in [-0.15, -0.1) is 0 Å². The molecule has 5 nitrogen and oxygen atoms in total. The van der Waals surface area contributed by atoms with E-state index in [0.29, 0.717) is 0 Å². The van der Waals surface area contributed by atoms with Crippen LogP contribution in [0.3, 0.4) is 0 Å². The summed E-state index contributed by atoms with van der Waals surface area (Å²) in [5.74, 6) is -1.13. The number of nitrogens with one attached hydrogen (secondary N) is 1. The molecule has 16 heavy (non-hydrogen) atoms. The van der Waals surface area contributed by atoms with Gasteiger partial charge in [0.2, 0.25) is 0 Å². The molecule has 0 heterocycles. The summed E-state index contributed by atoms with van der Waals surface area (Å²) >= 11 is 0. The zero-order chi connectivity index (χ0) is 12.1. The van der Waals surface area contributed by atoms with Crippen LogP contribution in [0.1, 0.15) is 10.4 Å². The maximum Gasteiger partial charge on any atom is 0.251 e. The summed E-state index contributed by atoms with van der Waals surface area (Å²) in [6.07, 6.45) is 0. The number of aliphatic hydroxyl groups is 2. The standard InChI is InChI=1S/C10H13FN2O3/c11-8-2-1-6(3-9(8)12)10(16)13-7(4-14)5-15/h1-3,7,14-15H,4-5,12H2,(H,13,16). The zero-order valence-electron chi connectivity index (χ0n) is 8.48. The Morgan fingerprint density at radius 3 is 2.56 bits per heavy atom. The minimum Gasteiger partial charge on any atom is -0.396 e. The lowest BCUT2D eigenvalue weighted by Crippen LogP contribution is -2.40. The molecule has 1 aromatic carbocycles. The number of hydrogen-bond acceptors (Lipinski definition) is 4. The van der Waals surface area contributed by atoms with E-state index in [-0.39, 0.29) is 24.5 Å². The molecule has 0 saturated heterocycles. The zero-order valence-corrected chi connectivity index (χ0v) is 8.48. The van der Waals surface area contributed by atoms with Crippen LogP contribution in [-0.2, 0) is 0 Å². The number of amides is 1. The number of halogens is 1. The summed E-state index contributed by atoms with van der Waals surface area (Å²) < 4.78 is 12.8. The number of anilines is 1. The minimum absolute atomic E-state index is 0.128. The Balaban J connectivity index is 2.76. The van der Waals surface area contributed by atoms with Gasteiger partial charge in [0, 0.05) is 5.56 Å². The molecular formula is C10H13FN2O3. The number of rotatable bonds is 4. The molecule has 1 aromatic rings. The van der Waals surface area contributed by atoms with Crippen LogP contribution in [0.15, 0.2) is 18.2 Å². The Morgan fingerprint density at radius 2 is 2.06 bits per heavy atom. The molecule has 1 rings (SSSR count). The van der Waals surface area contributed by atoms with Gasteiger partial charge in [0.15, 0.2) is 0 Å². The van der Waals surface area contributed by atoms with Gasteiger partial charge < -0.3 is 21.3 Å². The average Bonchev–Trinajstić information content (AvgIpc) is 2.29. The van der Waals surface area contributed by atoms with Gasteiger partial charge in [-0.3, -0.25) is 4.79 Å². The molecule has 0 aliphatic rings. The SMILES string of the molecule is Nc1cc(C(=O)NC(CO)CO)ccc1F. The Morgan fingerprint density at radius 1 is 1.44 bits per heavy atom. The number of aliphatic hydroxyl groups excluding tert-OH is 2. The van der Waals surface area contributed by atoms with Gasteiger partial charge >= 0.3 is 0 Å². The number of hydrogen-bond donors (Lipinski definition) is 4. The number of carbonyl (C=O) groups excluding carboxylic acids is 1. The maximum absolute atomic E-state index is 12.8. The summed E-state index contributed by atoms with van der Waals surface area (Å²) in [5.41, 5.74) is 5.34. The van der Waals surface area contributed by atoms with Crippen LogP contribution in [0.25, 0.3) is 0 Å². The Labute approximate surface area is 91.7 Å². The number of benzene rings is 1. The summed E-state index contributed by atoms with van der Waals surface area (Å²) in [6.45, 7) is -0.752. The average molecular weight is 228 g/mol. The van der Waals surface area contributed by atoms with Crippen LogP contribution < -0.4 is 11.1 Å². The van der Waals surface area contributed by atoms with Crippen molar-refractivity contribution in [3.8, 4) is 0 Å². The van der Waals surface area contributed by atoms with E-state index in [4.69, 9.17) is 15.9 Å². The van der Waals surface area contributed by atoms with Crippen LogP contribution in [-0.4, -0.2) is 35.4 Å². The lowest BCUT2D eigenvalue weighted by Gasteiger charge is -2.13. The molecule has 0 aliphatic carbocycles. The van der Waals surface area contributed by atoms with Gasteiger partial charge in [-0.25, -0.2) is 4.39 Å². The molecule has 0 fully saturated rings.